The number of rotatable bonds is 6. The average molecular weight is 800 g/mol. The molecule has 0 fully saturated rings. The Hall–Kier alpha value is -1.61. The van der Waals surface area contributed by atoms with Crippen molar-refractivity contribution in [1.29, 1.82) is 0 Å². The number of methoxy groups -OCH3 is 1. The average Bonchev–Trinajstić information content (AvgIpc) is 3.36. The largest absolute Gasteiger partial charge is 0.465 e. The number of benzene rings is 1. The quantitative estimate of drug-likeness (QED) is 0.168. The van der Waals surface area contributed by atoms with Gasteiger partial charge >= 0.3 is 11.9 Å². The van der Waals surface area contributed by atoms with Gasteiger partial charge in [-0.05, 0) is 101 Å². The van der Waals surface area contributed by atoms with E-state index in [2.05, 4.69) is 76.0 Å². The van der Waals surface area contributed by atoms with Gasteiger partial charge in [-0.15, -0.1) is 11.3 Å². The van der Waals surface area contributed by atoms with E-state index in [0.29, 0.717) is 40.8 Å². The second kappa shape index (κ2) is 11.5. The lowest BCUT2D eigenvalue weighted by molar-refractivity contribution is -0.150. The van der Waals surface area contributed by atoms with Gasteiger partial charge in [0.25, 0.3) is 17.7 Å². The first kappa shape index (κ1) is 29.4. The number of fused-ring (bicyclic) bond motifs is 2. The Balaban J connectivity index is 1.46. The first-order valence-electron chi connectivity index (χ1n) is 11.3. The van der Waals surface area contributed by atoms with Gasteiger partial charge in [-0.2, -0.15) is 0 Å². The van der Waals surface area contributed by atoms with Gasteiger partial charge in [0, 0.05) is 22.8 Å². The van der Waals surface area contributed by atoms with E-state index in [1.165, 1.54) is 25.4 Å². The molecule has 0 saturated heterocycles. The highest BCUT2D eigenvalue weighted by molar-refractivity contribution is 9.15. The summed E-state index contributed by atoms with van der Waals surface area (Å²) >= 11 is 14.7. The van der Waals surface area contributed by atoms with Gasteiger partial charge in [0.05, 0.1) is 23.8 Å². The van der Waals surface area contributed by atoms with Crippen LogP contribution in [0.25, 0.3) is 0 Å². The molecule has 4 rings (SSSR count). The molecule has 1 aromatic carbocycles. The number of nitrogens with one attached hydrogen (secondary N) is 1. The van der Waals surface area contributed by atoms with Crippen molar-refractivity contribution in [2.45, 2.75) is 39.2 Å². The Labute approximate surface area is 255 Å². The van der Waals surface area contributed by atoms with E-state index in [4.69, 9.17) is 9.47 Å². The SMILES string of the molecule is COC(=O)c1c(NC(=O)COC(=O)[C@@H](C)N2C(=O)c3c(Br)c(Br)c(Br)c(Br)c3C2=O)sc2c1CC[C@H](C)C2. The highest BCUT2D eigenvalue weighted by atomic mass is 79.9. The summed E-state index contributed by atoms with van der Waals surface area (Å²) in [4.78, 5) is 65.9. The monoisotopic (exact) mass is 796 g/mol. The van der Waals surface area contributed by atoms with Gasteiger partial charge in [0.1, 0.15) is 11.0 Å². The molecule has 2 heterocycles. The van der Waals surface area contributed by atoms with Gasteiger partial charge in [0.2, 0.25) is 0 Å². The second-order valence-corrected chi connectivity index (χ2v) is 13.1. The zero-order valence-corrected chi connectivity index (χ0v) is 27.4. The predicted molar refractivity (Wildman–Crippen MR) is 154 cm³/mol. The lowest BCUT2D eigenvalue weighted by Gasteiger charge is -2.20. The summed E-state index contributed by atoms with van der Waals surface area (Å²) in [6.45, 7) is 2.80. The van der Waals surface area contributed by atoms with Crippen molar-refractivity contribution in [2.75, 3.05) is 19.0 Å². The summed E-state index contributed by atoms with van der Waals surface area (Å²) in [5, 5.41) is 3.00. The number of hydrogen-bond donors (Lipinski definition) is 1. The van der Waals surface area contributed by atoms with Crippen molar-refractivity contribution in [3.63, 3.8) is 0 Å². The van der Waals surface area contributed by atoms with Crippen LogP contribution in [0.3, 0.4) is 0 Å². The maximum absolute atomic E-state index is 13.1. The van der Waals surface area contributed by atoms with E-state index in [-0.39, 0.29) is 11.1 Å². The van der Waals surface area contributed by atoms with E-state index >= 15 is 0 Å². The summed E-state index contributed by atoms with van der Waals surface area (Å²) < 4.78 is 11.8. The number of carbonyl (C=O) groups is 5. The third-order valence-electron chi connectivity index (χ3n) is 6.36. The standard InChI is InChI=1S/C24H20Br4N2O7S/c1-8-4-5-10-11(6-8)38-20(13(10)24(35)36-3)29-12(31)7-37-23(34)9(2)30-21(32)14-15(22(30)33)17(26)19(28)18(27)16(14)25/h8-9H,4-7H2,1-3H3,(H,29,31)/t8-,9+/m0/s1. The fraction of sp³-hybridized carbons (Fsp3) is 0.375. The lowest BCUT2D eigenvalue weighted by atomic mass is 9.88. The van der Waals surface area contributed by atoms with Gasteiger partial charge in [-0.25, -0.2) is 9.59 Å². The molecule has 2 aliphatic rings. The maximum atomic E-state index is 13.1. The van der Waals surface area contributed by atoms with Crippen molar-refractivity contribution in [3.8, 4) is 0 Å². The summed E-state index contributed by atoms with van der Waals surface area (Å²) in [6, 6.07) is -1.30. The van der Waals surface area contributed by atoms with Crippen molar-refractivity contribution < 1.29 is 33.4 Å². The molecule has 1 aliphatic carbocycles. The number of nitrogens with zero attached hydrogens (tertiary/aromatic N) is 1. The molecule has 0 saturated carbocycles. The van der Waals surface area contributed by atoms with Crippen LogP contribution < -0.4 is 5.32 Å². The van der Waals surface area contributed by atoms with E-state index < -0.39 is 42.3 Å². The van der Waals surface area contributed by atoms with Crippen LogP contribution in [-0.4, -0.2) is 54.3 Å². The Morgan fingerprint density at radius 3 is 2.18 bits per heavy atom. The number of ether oxygens (including phenoxy) is 2. The van der Waals surface area contributed by atoms with Crippen molar-refractivity contribution in [1.82, 2.24) is 4.90 Å². The van der Waals surface area contributed by atoms with Crippen LogP contribution in [0, 0.1) is 5.92 Å². The number of carbonyl (C=O) groups excluding carboxylic acids is 5. The Morgan fingerprint density at radius 1 is 1.05 bits per heavy atom. The highest BCUT2D eigenvalue weighted by Crippen LogP contribution is 2.45. The minimum atomic E-state index is -1.30. The molecule has 2 aromatic rings. The van der Waals surface area contributed by atoms with Crippen LogP contribution in [0.1, 0.15) is 61.8 Å². The smallest absolute Gasteiger partial charge is 0.341 e. The molecule has 3 amide bonds. The third-order valence-corrected chi connectivity index (χ3v) is 12.3. The zero-order chi connectivity index (χ0) is 28.0. The number of halogens is 4. The second-order valence-electron chi connectivity index (χ2n) is 8.87. The van der Waals surface area contributed by atoms with E-state index in [0.717, 1.165) is 28.2 Å². The fourth-order valence-electron chi connectivity index (χ4n) is 4.40. The van der Waals surface area contributed by atoms with Gasteiger partial charge in [0.15, 0.2) is 6.61 Å². The van der Waals surface area contributed by atoms with E-state index in [1.54, 1.807) is 0 Å². The third kappa shape index (κ3) is 5.14. The number of imide groups is 1. The van der Waals surface area contributed by atoms with Gasteiger partial charge in [-0.3, -0.25) is 19.3 Å². The first-order valence-corrected chi connectivity index (χ1v) is 15.3. The van der Waals surface area contributed by atoms with Crippen LogP contribution in [0.15, 0.2) is 17.9 Å². The minimum absolute atomic E-state index is 0.0978. The molecule has 0 bridgehead atoms. The summed E-state index contributed by atoms with van der Waals surface area (Å²) in [5.74, 6) is -3.04. The molecule has 9 nitrogen and oxygen atoms in total. The molecule has 1 aliphatic heterocycles. The maximum Gasteiger partial charge on any atom is 0.341 e. The highest BCUT2D eigenvalue weighted by Gasteiger charge is 2.45. The number of thiophene rings is 1. The van der Waals surface area contributed by atoms with Crippen LogP contribution in [0.5, 0.6) is 0 Å². The summed E-state index contributed by atoms with van der Waals surface area (Å²) in [6.07, 6.45) is 2.43. The molecular formula is C24H20Br4N2O7S. The van der Waals surface area contributed by atoms with Crippen LogP contribution >= 0.6 is 75.1 Å². The minimum Gasteiger partial charge on any atom is -0.465 e. The number of amides is 3. The lowest BCUT2D eigenvalue weighted by Crippen LogP contribution is -2.44. The molecule has 2 atom stereocenters. The van der Waals surface area contributed by atoms with Crippen LogP contribution in [0.2, 0.25) is 0 Å². The number of anilines is 1. The van der Waals surface area contributed by atoms with Crippen LogP contribution in [0.4, 0.5) is 5.00 Å². The van der Waals surface area contributed by atoms with E-state index in [1.807, 2.05) is 0 Å². The molecular weight excluding hydrogens is 780 g/mol. The molecule has 1 aromatic heterocycles. The molecule has 1 N–H and O–H groups in total. The molecule has 0 unspecified atom stereocenters. The summed E-state index contributed by atoms with van der Waals surface area (Å²) in [7, 11) is 1.28. The zero-order valence-electron chi connectivity index (χ0n) is 20.2. The first-order chi connectivity index (χ1) is 17.9. The Morgan fingerprint density at radius 2 is 1.63 bits per heavy atom. The van der Waals surface area contributed by atoms with Crippen molar-refractivity contribution in [3.05, 3.63) is 45.0 Å². The number of hydrogen-bond acceptors (Lipinski definition) is 8. The predicted octanol–water partition coefficient (Wildman–Crippen LogP) is 5.88. The van der Waals surface area contributed by atoms with Crippen LogP contribution in [-0.2, 0) is 31.9 Å². The van der Waals surface area contributed by atoms with Crippen molar-refractivity contribution in [2.24, 2.45) is 5.92 Å². The molecule has 0 radical (unpaired) electrons. The Kier molecular flexibility index (Phi) is 8.87. The van der Waals surface area contributed by atoms with Gasteiger partial charge in [-0.1, -0.05) is 6.92 Å². The molecule has 202 valence electrons. The topological polar surface area (TPSA) is 119 Å². The normalized spacial score (nSPS) is 17.1. The molecule has 0 spiro atoms. The summed E-state index contributed by atoms with van der Waals surface area (Å²) in [5.41, 5.74) is 1.40. The van der Waals surface area contributed by atoms with Gasteiger partial charge < -0.3 is 14.8 Å². The molecule has 14 heteroatoms. The van der Waals surface area contributed by atoms with E-state index in [9.17, 15) is 24.0 Å². The fourth-order valence-corrected chi connectivity index (χ4v) is 8.27. The molecule has 38 heavy (non-hydrogen) atoms. The number of esters is 2. The Bertz CT molecular complexity index is 1360. The van der Waals surface area contributed by atoms with Crippen molar-refractivity contribution >= 4 is 110 Å².